The van der Waals surface area contributed by atoms with Crippen LogP contribution in [0.15, 0.2) is 35.4 Å². The van der Waals surface area contributed by atoms with Crippen LogP contribution in [0.2, 0.25) is 0 Å². The van der Waals surface area contributed by atoms with Crippen molar-refractivity contribution in [3.8, 4) is 5.75 Å². The van der Waals surface area contributed by atoms with Gasteiger partial charge >= 0.3 is 5.97 Å². The summed E-state index contributed by atoms with van der Waals surface area (Å²) >= 11 is 0. The van der Waals surface area contributed by atoms with Crippen LogP contribution in [-0.2, 0) is 9.59 Å². The average molecular weight is 275 g/mol. The molecule has 1 aliphatic rings. The van der Waals surface area contributed by atoms with E-state index in [1.54, 1.807) is 11.8 Å². The Morgan fingerprint density at radius 3 is 2.60 bits per heavy atom. The minimum Gasteiger partial charge on any atom is -0.491 e. The van der Waals surface area contributed by atoms with Crippen LogP contribution in [0.25, 0.3) is 0 Å². The predicted octanol–water partition coefficient (Wildman–Crippen LogP) is 2.22. The molecule has 0 bridgehead atoms. The van der Waals surface area contributed by atoms with Gasteiger partial charge in [0.25, 0.3) is 5.91 Å². The average Bonchev–Trinajstić information content (AvgIpc) is 2.67. The lowest BCUT2D eigenvalue weighted by atomic mass is 10.1. The van der Waals surface area contributed by atoms with Crippen molar-refractivity contribution in [1.82, 2.24) is 0 Å². The first-order chi connectivity index (χ1) is 9.52. The fourth-order valence-corrected chi connectivity index (χ4v) is 2.06. The van der Waals surface area contributed by atoms with Gasteiger partial charge in [-0.15, -0.1) is 0 Å². The number of anilines is 1. The number of carboxylic acids is 1. The number of carbonyl (C=O) groups excluding carboxylic acids is 1. The summed E-state index contributed by atoms with van der Waals surface area (Å²) in [5, 5.41) is 9.00. The summed E-state index contributed by atoms with van der Waals surface area (Å²) in [4.78, 5) is 25.1. The van der Waals surface area contributed by atoms with Crippen molar-refractivity contribution >= 4 is 17.6 Å². The first-order valence-corrected chi connectivity index (χ1v) is 6.47. The summed E-state index contributed by atoms with van der Waals surface area (Å²) in [5.74, 6) is -0.711. The quantitative estimate of drug-likeness (QED) is 0.840. The number of rotatable bonds is 2. The monoisotopic (exact) mass is 275 g/mol. The molecule has 0 unspecified atom stereocenters. The molecule has 1 heterocycles. The molecule has 2 rings (SSSR count). The van der Waals surface area contributed by atoms with E-state index in [1.165, 1.54) is 6.92 Å². The van der Waals surface area contributed by atoms with Gasteiger partial charge in [0, 0.05) is 17.7 Å². The lowest BCUT2D eigenvalue weighted by Gasteiger charge is -2.22. The molecule has 1 amide bonds. The van der Waals surface area contributed by atoms with E-state index in [-0.39, 0.29) is 17.1 Å². The predicted molar refractivity (Wildman–Crippen MR) is 74.9 cm³/mol. The molecule has 1 aliphatic heterocycles. The highest BCUT2D eigenvalue weighted by Gasteiger charge is 2.24. The molecule has 0 saturated carbocycles. The lowest BCUT2D eigenvalue weighted by Crippen LogP contribution is -2.33. The van der Waals surface area contributed by atoms with Crippen molar-refractivity contribution in [2.45, 2.75) is 20.3 Å². The van der Waals surface area contributed by atoms with Crippen LogP contribution in [0.4, 0.5) is 5.69 Å². The van der Waals surface area contributed by atoms with Gasteiger partial charge in [0.1, 0.15) is 5.75 Å². The Kier molecular flexibility index (Phi) is 4.08. The molecule has 5 heteroatoms. The highest BCUT2D eigenvalue weighted by molar-refractivity contribution is 6.10. The van der Waals surface area contributed by atoms with Crippen LogP contribution in [0.3, 0.4) is 0 Å². The molecule has 0 radical (unpaired) electrons. The van der Waals surface area contributed by atoms with E-state index in [2.05, 4.69) is 0 Å². The van der Waals surface area contributed by atoms with Crippen molar-refractivity contribution in [1.29, 1.82) is 0 Å². The third kappa shape index (κ3) is 2.66. The lowest BCUT2D eigenvalue weighted by molar-refractivity contribution is -0.133. The Bertz CT molecular complexity index is 577. The van der Waals surface area contributed by atoms with Gasteiger partial charge in [-0.1, -0.05) is 12.1 Å². The number of aliphatic carboxylic acids is 1. The van der Waals surface area contributed by atoms with Crippen LogP contribution >= 0.6 is 0 Å². The number of carboxylic acid groups (broad SMARTS) is 1. The molecule has 20 heavy (non-hydrogen) atoms. The minimum atomic E-state index is -1.07. The summed E-state index contributed by atoms with van der Waals surface area (Å²) in [7, 11) is 0. The van der Waals surface area contributed by atoms with Gasteiger partial charge < -0.3 is 14.7 Å². The van der Waals surface area contributed by atoms with Crippen molar-refractivity contribution in [3.63, 3.8) is 0 Å². The van der Waals surface area contributed by atoms with E-state index in [1.807, 2.05) is 24.3 Å². The highest BCUT2D eigenvalue weighted by Crippen LogP contribution is 2.31. The second-order valence-corrected chi connectivity index (χ2v) is 4.68. The molecular formula is C15H17NO4. The molecule has 1 aromatic rings. The van der Waals surface area contributed by atoms with Crippen molar-refractivity contribution in [2.24, 2.45) is 0 Å². The van der Waals surface area contributed by atoms with Gasteiger partial charge in [0.15, 0.2) is 0 Å². The summed E-state index contributed by atoms with van der Waals surface area (Å²) in [6, 6.07) is 7.29. The maximum absolute atomic E-state index is 12.5. The number of benzene rings is 1. The first-order valence-electron chi connectivity index (χ1n) is 6.47. The van der Waals surface area contributed by atoms with E-state index in [0.717, 1.165) is 0 Å². The molecule has 1 aromatic carbocycles. The van der Waals surface area contributed by atoms with Crippen LogP contribution in [0.1, 0.15) is 20.3 Å². The molecule has 0 aliphatic carbocycles. The van der Waals surface area contributed by atoms with Crippen LogP contribution in [-0.4, -0.2) is 30.1 Å². The van der Waals surface area contributed by atoms with Gasteiger partial charge in [-0.3, -0.25) is 4.79 Å². The maximum Gasteiger partial charge on any atom is 0.331 e. The maximum atomic E-state index is 12.5. The van der Waals surface area contributed by atoms with Gasteiger partial charge in [-0.05, 0) is 32.4 Å². The third-order valence-corrected chi connectivity index (χ3v) is 3.39. The number of para-hydroxylation sites is 2. The Morgan fingerprint density at radius 2 is 1.90 bits per heavy atom. The highest BCUT2D eigenvalue weighted by atomic mass is 16.5. The first kappa shape index (κ1) is 14.1. The molecule has 0 aromatic heterocycles. The normalized spacial score (nSPS) is 15.6. The number of hydrogen-bond donors (Lipinski definition) is 1. The second-order valence-electron chi connectivity index (χ2n) is 4.68. The summed E-state index contributed by atoms with van der Waals surface area (Å²) in [5.41, 5.74) is 0.999. The van der Waals surface area contributed by atoms with E-state index < -0.39 is 5.97 Å². The topological polar surface area (TPSA) is 66.8 Å². The minimum absolute atomic E-state index is 0.0673. The van der Waals surface area contributed by atoms with E-state index in [0.29, 0.717) is 31.0 Å². The fourth-order valence-electron chi connectivity index (χ4n) is 2.06. The third-order valence-electron chi connectivity index (χ3n) is 3.39. The number of amides is 1. The summed E-state index contributed by atoms with van der Waals surface area (Å²) in [6.07, 6.45) is 0.708. The molecule has 0 saturated heterocycles. The summed E-state index contributed by atoms with van der Waals surface area (Å²) in [6.45, 7) is 4.04. The number of carbonyl (C=O) groups is 2. The molecule has 1 N–H and O–H groups in total. The number of nitrogens with zero attached hydrogens (tertiary/aromatic N) is 1. The van der Waals surface area contributed by atoms with Gasteiger partial charge in [0.2, 0.25) is 0 Å². The Hall–Kier alpha value is -2.30. The molecule has 0 fully saturated rings. The largest absolute Gasteiger partial charge is 0.491 e. The van der Waals surface area contributed by atoms with Crippen LogP contribution in [0.5, 0.6) is 5.75 Å². The second kappa shape index (κ2) is 5.77. The Morgan fingerprint density at radius 1 is 1.20 bits per heavy atom. The molecule has 5 nitrogen and oxygen atoms in total. The zero-order chi connectivity index (χ0) is 14.7. The molecule has 0 atom stereocenters. The van der Waals surface area contributed by atoms with E-state index in [4.69, 9.17) is 9.84 Å². The van der Waals surface area contributed by atoms with Gasteiger partial charge in [-0.25, -0.2) is 4.79 Å². The number of fused-ring (bicyclic) bond motifs is 1. The van der Waals surface area contributed by atoms with Crippen LogP contribution in [0, 0.1) is 0 Å². The Balaban J connectivity index is 2.40. The van der Waals surface area contributed by atoms with E-state index in [9.17, 15) is 9.59 Å². The zero-order valence-electron chi connectivity index (χ0n) is 11.5. The fraction of sp³-hybridized carbons (Fsp3) is 0.333. The number of hydrogen-bond acceptors (Lipinski definition) is 3. The Labute approximate surface area is 117 Å². The van der Waals surface area contributed by atoms with Crippen molar-refractivity contribution in [2.75, 3.05) is 18.1 Å². The zero-order valence-corrected chi connectivity index (χ0v) is 11.5. The van der Waals surface area contributed by atoms with Crippen molar-refractivity contribution < 1.29 is 19.4 Å². The molecule has 0 spiro atoms. The van der Waals surface area contributed by atoms with Crippen molar-refractivity contribution in [3.05, 3.63) is 35.4 Å². The van der Waals surface area contributed by atoms with Gasteiger partial charge in [0.05, 0.1) is 12.3 Å². The smallest absolute Gasteiger partial charge is 0.331 e. The standard InChI is InChI=1S/C15H17NO4/c1-10(11(2)15(18)19)14(17)16-8-5-9-20-13-7-4-3-6-12(13)16/h3-4,6-7H,5,8-9H2,1-2H3,(H,18,19)/b11-10+. The van der Waals surface area contributed by atoms with Crippen LogP contribution < -0.4 is 9.64 Å². The molecule has 106 valence electrons. The molecular weight excluding hydrogens is 258 g/mol. The van der Waals surface area contributed by atoms with Gasteiger partial charge in [-0.2, -0.15) is 0 Å². The number of ether oxygens (including phenoxy) is 1. The van der Waals surface area contributed by atoms with E-state index >= 15 is 0 Å². The SMILES string of the molecule is C/C(C(=O)O)=C(/C)C(=O)N1CCCOc2ccccc21. The summed E-state index contributed by atoms with van der Waals surface area (Å²) < 4.78 is 5.59.